The highest BCUT2D eigenvalue weighted by Gasteiger charge is 2.22. The fourth-order valence-electron chi connectivity index (χ4n) is 2.05. The lowest BCUT2D eigenvalue weighted by molar-refractivity contribution is 0.0279. The van der Waals surface area contributed by atoms with Gasteiger partial charge in [-0.25, -0.2) is 9.18 Å². The maximum atomic E-state index is 13.5. The van der Waals surface area contributed by atoms with Gasteiger partial charge in [0.25, 0.3) is 5.89 Å². The molecule has 0 bridgehead atoms. The number of nitrogens with zero attached hydrogens (tertiary/aromatic N) is 2. The molecule has 0 saturated heterocycles. The van der Waals surface area contributed by atoms with Crippen LogP contribution in [0.1, 0.15) is 29.3 Å². The number of rotatable bonds is 4. The summed E-state index contributed by atoms with van der Waals surface area (Å²) in [6, 6.07) is 11.2. The van der Waals surface area contributed by atoms with Crippen LogP contribution in [0.15, 0.2) is 46.9 Å². The molecule has 25 heavy (non-hydrogen) atoms. The zero-order valence-electron chi connectivity index (χ0n) is 12.9. The minimum Gasteiger partial charge on any atom is -0.449 e. The van der Waals surface area contributed by atoms with Gasteiger partial charge in [-0.15, -0.1) is 10.2 Å². The number of carbonyl (C=O) groups is 1. The number of esters is 1. The van der Waals surface area contributed by atoms with Crippen molar-refractivity contribution >= 4 is 29.2 Å². The monoisotopic (exact) mass is 380 g/mol. The number of aromatic nitrogens is 2. The average Bonchev–Trinajstić information content (AvgIpc) is 3.09. The van der Waals surface area contributed by atoms with E-state index in [-0.39, 0.29) is 21.5 Å². The second-order valence-corrected chi connectivity index (χ2v) is 5.92. The molecule has 8 heteroatoms. The van der Waals surface area contributed by atoms with Crippen LogP contribution in [-0.4, -0.2) is 16.2 Å². The standard InChI is InChI=1S/C17H11Cl2FN2O3/c1-9(15-21-22-16(25-15)10-5-3-2-4-6-10)24-17(23)11-7-14(20)13(19)8-12(11)18/h2-9H,1H3/t9-/m1/s1. The van der Waals surface area contributed by atoms with Gasteiger partial charge in [0.1, 0.15) is 5.82 Å². The van der Waals surface area contributed by atoms with E-state index in [1.165, 1.54) is 0 Å². The molecule has 0 aliphatic carbocycles. The quantitative estimate of drug-likeness (QED) is 0.465. The van der Waals surface area contributed by atoms with Gasteiger partial charge >= 0.3 is 5.97 Å². The molecule has 128 valence electrons. The summed E-state index contributed by atoms with van der Waals surface area (Å²) in [6.07, 6.45) is -0.840. The van der Waals surface area contributed by atoms with E-state index in [1.54, 1.807) is 6.92 Å². The van der Waals surface area contributed by atoms with Crippen LogP contribution in [0, 0.1) is 5.82 Å². The molecule has 0 unspecified atom stereocenters. The summed E-state index contributed by atoms with van der Waals surface area (Å²) in [4.78, 5) is 12.2. The van der Waals surface area contributed by atoms with Crippen molar-refractivity contribution in [2.75, 3.05) is 0 Å². The van der Waals surface area contributed by atoms with Gasteiger partial charge in [0.05, 0.1) is 15.6 Å². The van der Waals surface area contributed by atoms with Gasteiger partial charge < -0.3 is 9.15 Å². The summed E-state index contributed by atoms with van der Waals surface area (Å²) in [7, 11) is 0. The Balaban J connectivity index is 1.76. The Kier molecular flexibility index (Phi) is 5.01. The molecular formula is C17H11Cl2FN2O3. The highest BCUT2D eigenvalue weighted by Crippen LogP contribution is 2.27. The first-order valence-corrected chi connectivity index (χ1v) is 7.95. The molecule has 0 N–H and O–H groups in total. The van der Waals surface area contributed by atoms with Gasteiger partial charge in [0.2, 0.25) is 5.89 Å². The van der Waals surface area contributed by atoms with Crippen LogP contribution in [0.25, 0.3) is 11.5 Å². The molecule has 0 fully saturated rings. The summed E-state index contributed by atoms with van der Waals surface area (Å²) in [5.74, 6) is -1.19. The number of halogens is 3. The molecule has 0 amide bonds. The van der Waals surface area contributed by atoms with Crippen molar-refractivity contribution in [1.82, 2.24) is 10.2 Å². The largest absolute Gasteiger partial charge is 0.449 e. The predicted molar refractivity (Wildman–Crippen MR) is 90.0 cm³/mol. The smallest absolute Gasteiger partial charge is 0.340 e. The van der Waals surface area contributed by atoms with E-state index in [0.717, 1.165) is 17.7 Å². The molecule has 1 heterocycles. The van der Waals surface area contributed by atoms with Crippen molar-refractivity contribution in [1.29, 1.82) is 0 Å². The Labute approximate surface area is 152 Å². The van der Waals surface area contributed by atoms with E-state index in [2.05, 4.69) is 10.2 Å². The van der Waals surface area contributed by atoms with Gasteiger partial charge in [0.15, 0.2) is 6.10 Å². The second kappa shape index (κ2) is 7.21. The van der Waals surface area contributed by atoms with E-state index in [9.17, 15) is 9.18 Å². The summed E-state index contributed by atoms with van der Waals surface area (Å²) in [5, 5.41) is 7.59. The number of hydrogen-bond acceptors (Lipinski definition) is 5. The fraction of sp³-hybridized carbons (Fsp3) is 0.118. The number of carbonyl (C=O) groups excluding carboxylic acids is 1. The molecule has 0 spiro atoms. The normalized spacial score (nSPS) is 12.0. The molecule has 3 rings (SSSR count). The zero-order chi connectivity index (χ0) is 18.0. The van der Waals surface area contributed by atoms with Gasteiger partial charge in [-0.2, -0.15) is 0 Å². The first-order chi connectivity index (χ1) is 12.0. The van der Waals surface area contributed by atoms with E-state index < -0.39 is 17.9 Å². The van der Waals surface area contributed by atoms with Crippen molar-refractivity contribution in [2.24, 2.45) is 0 Å². The SMILES string of the molecule is C[C@@H](OC(=O)c1cc(F)c(Cl)cc1Cl)c1nnc(-c2ccccc2)o1. The third-order valence-electron chi connectivity index (χ3n) is 3.32. The van der Waals surface area contributed by atoms with Crippen LogP contribution in [0.4, 0.5) is 4.39 Å². The average molecular weight is 381 g/mol. The molecule has 2 aromatic carbocycles. The number of ether oxygens (including phenoxy) is 1. The van der Waals surface area contributed by atoms with Crippen LogP contribution in [0.3, 0.4) is 0 Å². The van der Waals surface area contributed by atoms with E-state index in [4.69, 9.17) is 32.4 Å². The Morgan fingerprint density at radius 2 is 1.88 bits per heavy atom. The maximum Gasteiger partial charge on any atom is 0.340 e. The fourth-order valence-corrected chi connectivity index (χ4v) is 2.51. The molecule has 0 aliphatic rings. The highest BCUT2D eigenvalue weighted by molar-refractivity contribution is 6.36. The van der Waals surface area contributed by atoms with Crippen molar-refractivity contribution in [2.45, 2.75) is 13.0 Å². The van der Waals surface area contributed by atoms with Crippen LogP contribution in [0.2, 0.25) is 10.0 Å². The van der Waals surface area contributed by atoms with Crippen molar-refractivity contribution < 1.29 is 18.3 Å². The summed E-state index contributed by atoms with van der Waals surface area (Å²) in [6.45, 7) is 1.56. The van der Waals surface area contributed by atoms with Gasteiger partial charge in [-0.1, -0.05) is 41.4 Å². The summed E-state index contributed by atoms with van der Waals surface area (Å²) >= 11 is 11.5. The number of benzene rings is 2. The highest BCUT2D eigenvalue weighted by atomic mass is 35.5. The van der Waals surface area contributed by atoms with Crippen molar-refractivity contribution in [3.8, 4) is 11.5 Å². The molecule has 3 aromatic rings. The van der Waals surface area contributed by atoms with Gasteiger partial charge in [-0.05, 0) is 31.2 Å². The van der Waals surface area contributed by atoms with Gasteiger partial charge in [0, 0.05) is 5.56 Å². The topological polar surface area (TPSA) is 65.2 Å². The summed E-state index contributed by atoms with van der Waals surface area (Å²) in [5.41, 5.74) is 0.598. The first kappa shape index (κ1) is 17.4. The molecule has 1 aromatic heterocycles. The Morgan fingerprint density at radius 3 is 2.60 bits per heavy atom. The lowest BCUT2D eigenvalue weighted by atomic mass is 10.2. The van der Waals surface area contributed by atoms with Crippen LogP contribution < -0.4 is 0 Å². The molecule has 0 radical (unpaired) electrons. The zero-order valence-corrected chi connectivity index (χ0v) is 14.4. The van der Waals surface area contributed by atoms with Crippen molar-refractivity contribution in [3.05, 3.63) is 69.8 Å². The van der Waals surface area contributed by atoms with Gasteiger partial charge in [-0.3, -0.25) is 0 Å². The van der Waals surface area contributed by atoms with E-state index >= 15 is 0 Å². The Bertz CT molecular complexity index is 916. The third-order valence-corrected chi connectivity index (χ3v) is 3.93. The molecule has 1 atom stereocenters. The molecule has 0 aliphatic heterocycles. The lowest BCUT2D eigenvalue weighted by Gasteiger charge is -2.10. The van der Waals surface area contributed by atoms with Crippen LogP contribution in [0.5, 0.6) is 0 Å². The molecule has 5 nitrogen and oxygen atoms in total. The van der Waals surface area contributed by atoms with Crippen LogP contribution in [-0.2, 0) is 4.74 Å². The summed E-state index contributed by atoms with van der Waals surface area (Å²) < 4.78 is 24.3. The lowest BCUT2D eigenvalue weighted by Crippen LogP contribution is -2.10. The molecule has 0 saturated carbocycles. The minimum atomic E-state index is -0.840. The van der Waals surface area contributed by atoms with Crippen molar-refractivity contribution in [3.63, 3.8) is 0 Å². The Morgan fingerprint density at radius 1 is 1.16 bits per heavy atom. The Hall–Kier alpha value is -2.44. The second-order valence-electron chi connectivity index (χ2n) is 5.11. The van der Waals surface area contributed by atoms with E-state index in [0.29, 0.717) is 5.89 Å². The first-order valence-electron chi connectivity index (χ1n) is 7.20. The van der Waals surface area contributed by atoms with E-state index in [1.807, 2.05) is 30.3 Å². The third kappa shape index (κ3) is 3.81. The number of hydrogen-bond donors (Lipinski definition) is 0. The minimum absolute atomic E-state index is 0.0147. The van der Waals surface area contributed by atoms with Crippen LogP contribution >= 0.6 is 23.2 Å². The molecular weight excluding hydrogens is 370 g/mol. The maximum absolute atomic E-state index is 13.5. The predicted octanol–water partition coefficient (Wildman–Crippen LogP) is 5.10.